The summed E-state index contributed by atoms with van der Waals surface area (Å²) in [6, 6.07) is 4.80. The van der Waals surface area contributed by atoms with E-state index in [0.717, 1.165) is 0 Å². The van der Waals surface area contributed by atoms with Gasteiger partial charge in [-0.15, -0.1) is 0 Å². The van der Waals surface area contributed by atoms with Crippen molar-refractivity contribution in [1.82, 2.24) is 0 Å². The van der Waals surface area contributed by atoms with Crippen molar-refractivity contribution in [3.05, 3.63) is 35.1 Å². The van der Waals surface area contributed by atoms with Gasteiger partial charge in [-0.1, -0.05) is 12.1 Å². The fraction of sp³-hybridized carbons (Fsp3) is 0.417. The molecule has 15 heavy (non-hydrogen) atoms. The summed E-state index contributed by atoms with van der Waals surface area (Å²) in [5, 5.41) is 0. The number of aryl methyl sites for hydroxylation is 1. The Kier molecular flexibility index (Phi) is 3.83. The third-order valence-corrected chi connectivity index (χ3v) is 2.34. The van der Waals surface area contributed by atoms with E-state index in [1.165, 1.54) is 6.07 Å². The summed E-state index contributed by atoms with van der Waals surface area (Å²) in [6.07, 6.45) is 0. The van der Waals surface area contributed by atoms with Gasteiger partial charge < -0.3 is 4.74 Å². The Labute approximate surface area is 89.1 Å². The average molecular weight is 210 g/mol. The number of esters is 1. The van der Waals surface area contributed by atoms with E-state index in [-0.39, 0.29) is 11.8 Å². The van der Waals surface area contributed by atoms with Gasteiger partial charge in [-0.3, -0.25) is 4.79 Å². The highest BCUT2D eigenvalue weighted by Gasteiger charge is 2.16. The molecular weight excluding hydrogens is 195 g/mol. The van der Waals surface area contributed by atoms with Crippen LogP contribution in [0.3, 0.4) is 0 Å². The Morgan fingerprint density at radius 1 is 1.53 bits per heavy atom. The highest BCUT2D eigenvalue weighted by molar-refractivity contribution is 5.77. The van der Waals surface area contributed by atoms with Crippen LogP contribution in [0.2, 0.25) is 0 Å². The molecule has 0 heterocycles. The van der Waals surface area contributed by atoms with E-state index in [0.29, 0.717) is 17.7 Å². The molecule has 0 bridgehead atoms. The zero-order valence-electron chi connectivity index (χ0n) is 9.21. The SMILES string of the molecule is CCOC(=O)C(C)c1ccc(C)c(F)c1. The Morgan fingerprint density at radius 3 is 2.73 bits per heavy atom. The van der Waals surface area contributed by atoms with Crippen LogP contribution < -0.4 is 0 Å². The topological polar surface area (TPSA) is 26.3 Å². The van der Waals surface area contributed by atoms with Crippen LogP contribution >= 0.6 is 0 Å². The van der Waals surface area contributed by atoms with Crippen LogP contribution in [0.25, 0.3) is 0 Å². The first-order valence-electron chi connectivity index (χ1n) is 4.99. The monoisotopic (exact) mass is 210 g/mol. The second-order valence-electron chi connectivity index (χ2n) is 3.48. The molecule has 0 fully saturated rings. The quantitative estimate of drug-likeness (QED) is 0.717. The lowest BCUT2D eigenvalue weighted by Gasteiger charge is -2.11. The van der Waals surface area contributed by atoms with Crippen molar-refractivity contribution in [2.75, 3.05) is 6.61 Å². The van der Waals surface area contributed by atoms with Gasteiger partial charge in [0.25, 0.3) is 0 Å². The number of benzene rings is 1. The minimum atomic E-state index is -0.417. The normalized spacial score (nSPS) is 12.3. The van der Waals surface area contributed by atoms with E-state index >= 15 is 0 Å². The first-order chi connectivity index (χ1) is 7.06. The van der Waals surface area contributed by atoms with Gasteiger partial charge in [0.1, 0.15) is 5.82 Å². The lowest BCUT2D eigenvalue weighted by Crippen LogP contribution is -2.13. The molecular formula is C12H15FO2. The van der Waals surface area contributed by atoms with E-state index in [4.69, 9.17) is 4.74 Å². The third kappa shape index (κ3) is 2.78. The summed E-state index contributed by atoms with van der Waals surface area (Å²) in [5.74, 6) is -1.02. The van der Waals surface area contributed by atoms with Crippen molar-refractivity contribution in [2.45, 2.75) is 26.7 Å². The summed E-state index contributed by atoms with van der Waals surface area (Å²) in [7, 11) is 0. The fourth-order valence-electron chi connectivity index (χ4n) is 1.28. The van der Waals surface area contributed by atoms with Gasteiger partial charge in [0.2, 0.25) is 0 Å². The van der Waals surface area contributed by atoms with E-state index in [1.54, 1.807) is 32.9 Å². The Balaban J connectivity index is 2.86. The van der Waals surface area contributed by atoms with Crippen molar-refractivity contribution in [1.29, 1.82) is 0 Å². The molecule has 3 heteroatoms. The van der Waals surface area contributed by atoms with Gasteiger partial charge in [-0.25, -0.2) is 4.39 Å². The molecule has 0 saturated heterocycles. The lowest BCUT2D eigenvalue weighted by atomic mass is 10.00. The molecule has 1 atom stereocenters. The molecule has 1 aromatic carbocycles. The van der Waals surface area contributed by atoms with Gasteiger partial charge in [0.15, 0.2) is 0 Å². The van der Waals surface area contributed by atoms with Crippen molar-refractivity contribution in [3.63, 3.8) is 0 Å². The van der Waals surface area contributed by atoms with Crippen LogP contribution in [0, 0.1) is 12.7 Å². The van der Waals surface area contributed by atoms with Crippen LogP contribution in [0.15, 0.2) is 18.2 Å². The first-order valence-corrected chi connectivity index (χ1v) is 4.99. The van der Waals surface area contributed by atoms with Crippen molar-refractivity contribution in [3.8, 4) is 0 Å². The molecule has 1 aromatic rings. The number of rotatable bonds is 3. The van der Waals surface area contributed by atoms with Crippen LogP contribution in [-0.4, -0.2) is 12.6 Å². The van der Waals surface area contributed by atoms with E-state index < -0.39 is 5.92 Å². The van der Waals surface area contributed by atoms with Gasteiger partial charge in [-0.05, 0) is 38.0 Å². The minimum absolute atomic E-state index is 0.288. The first kappa shape index (κ1) is 11.7. The van der Waals surface area contributed by atoms with Crippen LogP contribution in [0.5, 0.6) is 0 Å². The molecule has 0 amide bonds. The van der Waals surface area contributed by atoms with E-state index in [1.807, 2.05) is 0 Å². The Morgan fingerprint density at radius 2 is 2.20 bits per heavy atom. The number of carbonyl (C=O) groups is 1. The maximum absolute atomic E-state index is 13.2. The lowest BCUT2D eigenvalue weighted by molar-refractivity contribution is -0.144. The fourth-order valence-corrected chi connectivity index (χ4v) is 1.28. The van der Waals surface area contributed by atoms with Gasteiger partial charge in [0, 0.05) is 0 Å². The molecule has 0 spiro atoms. The summed E-state index contributed by atoms with van der Waals surface area (Å²) < 4.78 is 18.1. The third-order valence-electron chi connectivity index (χ3n) is 2.34. The second-order valence-corrected chi connectivity index (χ2v) is 3.48. The Hall–Kier alpha value is -1.38. The number of hydrogen-bond donors (Lipinski definition) is 0. The minimum Gasteiger partial charge on any atom is -0.466 e. The second kappa shape index (κ2) is 4.91. The van der Waals surface area contributed by atoms with Gasteiger partial charge in [-0.2, -0.15) is 0 Å². The highest BCUT2D eigenvalue weighted by Crippen LogP contribution is 2.19. The summed E-state index contributed by atoms with van der Waals surface area (Å²) in [6.45, 7) is 5.49. The number of carbonyl (C=O) groups excluding carboxylic acids is 1. The summed E-state index contributed by atoms with van der Waals surface area (Å²) >= 11 is 0. The molecule has 0 aliphatic rings. The smallest absolute Gasteiger partial charge is 0.313 e. The van der Waals surface area contributed by atoms with E-state index in [2.05, 4.69) is 0 Å². The van der Waals surface area contributed by atoms with Gasteiger partial charge in [0.05, 0.1) is 12.5 Å². The molecule has 0 aromatic heterocycles. The number of hydrogen-bond acceptors (Lipinski definition) is 2. The van der Waals surface area contributed by atoms with E-state index in [9.17, 15) is 9.18 Å². The summed E-state index contributed by atoms with van der Waals surface area (Å²) in [5.41, 5.74) is 1.23. The zero-order chi connectivity index (χ0) is 11.4. The molecule has 0 N–H and O–H groups in total. The molecule has 0 aliphatic carbocycles. The Bertz CT molecular complexity index is 361. The highest BCUT2D eigenvalue weighted by atomic mass is 19.1. The molecule has 82 valence electrons. The van der Waals surface area contributed by atoms with Crippen molar-refractivity contribution >= 4 is 5.97 Å². The predicted molar refractivity (Wildman–Crippen MR) is 56.2 cm³/mol. The molecule has 1 rings (SSSR count). The average Bonchev–Trinajstić information content (AvgIpc) is 2.21. The predicted octanol–water partition coefficient (Wildman–Crippen LogP) is 2.80. The van der Waals surface area contributed by atoms with Crippen molar-refractivity contribution in [2.24, 2.45) is 0 Å². The number of ether oxygens (including phenoxy) is 1. The standard InChI is InChI=1S/C12H15FO2/c1-4-15-12(14)9(3)10-6-5-8(2)11(13)7-10/h5-7,9H,4H2,1-3H3. The van der Waals surface area contributed by atoms with Crippen LogP contribution in [0.4, 0.5) is 4.39 Å². The maximum Gasteiger partial charge on any atom is 0.313 e. The maximum atomic E-state index is 13.2. The molecule has 0 aliphatic heterocycles. The van der Waals surface area contributed by atoms with Crippen LogP contribution in [0.1, 0.15) is 30.9 Å². The van der Waals surface area contributed by atoms with Crippen molar-refractivity contribution < 1.29 is 13.9 Å². The molecule has 1 unspecified atom stereocenters. The van der Waals surface area contributed by atoms with Crippen LogP contribution in [-0.2, 0) is 9.53 Å². The molecule has 0 saturated carbocycles. The number of halogens is 1. The molecule has 0 radical (unpaired) electrons. The van der Waals surface area contributed by atoms with Gasteiger partial charge >= 0.3 is 5.97 Å². The zero-order valence-corrected chi connectivity index (χ0v) is 9.21. The molecule has 2 nitrogen and oxygen atoms in total. The largest absolute Gasteiger partial charge is 0.466 e. The summed E-state index contributed by atoms with van der Waals surface area (Å²) in [4.78, 5) is 11.4.